The molecule has 1 aliphatic rings. The van der Waals surface area contributed by atoms with Crippen LogP contribution in [0.3, 0.4) is 0 Å². The van der Waals surface area contributed by atoms with Gasteiger partial charge in [-0.2, -0.15) is 0 Å². The molecule has 0 amide bonds. The van der Waals surface area contributed by atoms with E-state index in [4.69, 9.17) is 19.9 Å². The molecule has 132 valence electrons. The van der Waals surface area contributed by atoms with Crippen LogP contribution in [0.15, 0.2) is 47.5 Å². The van der Waals surface area contributed by atoms with Gasteiger partial charge in [0.05, 0.1) is 33.4 Å². The number of nitrogens with zero attached hydrogens (tertiary/aromatic N) is 1. The largest absolute Gasteiger partial charge is 0.493 e. The molecule has 25 heavy (non-hydrogen) atoms. The molecule has 6 nitrogen and oxygen atoms in total. The van der Waals surface area contributed by atoms with Gasteiger partial charge in [-0.3, -0.25) is 0 Å². The molecule has 0 aromatic heterocycles. The van der Waals surface area contributed by atoms with Gasteiger partial charge in [-0.15, -0.1) is 0 Å². The molecular formula is C19H23N3O3. The second kappa shape index (κ2) is 7.34. The normalized spacial score (nSPS) is 19.6. The standard InChI is InChI=1S/C19H23N3O3/c1-23-16-9-13(10-17(24-2)18(16)25-3)15-11-14(21-19(20)22-15)12-7-5-4-6-8-12/h4-10,14-15H,11H2,1-3H3,(H3,20,21,22). The minimum atomic E-state index is -0.0971. The predicted molar refractivity (Wildman–Crippen MR) is 97.4 cm³/mol. The predicted octanol–water partition coefficient (Wildman–Crippen LogP) is 2.80. The van der Waals surface area contributed by atoms with Gasteiger partial charge in [-0.05, 0) is 29.7 Å². The van der Waals surface area contributed by atoms with Gasteiger partial charge >= 0.3 is 0 Å². The van der Waals surface area contributed by atoms with Gasteiger partial charge in [0.15, 0.2) is 17.5 Å². The smallest absolute Gasteiger partial charge is 0.203 e. The summed E-state index contributed by atoms with van der Waals surface area (Å²) in [5.74, 6) is 2.22. The number of nitrogens with one attached hydrogen (secondary N) is 1. The fourth-order valence-corrected chi connectivity index (χ4v) is 3.13. The molecule has 3 N–H and O–H groups in total. The van der Waals surface area contributed by atoms with E-state index in [9.17, 15) is 0 Å². The van der Waals surface area contributed by atoms with E-state index in [2.05, 4.69) is 22.4 Å². The topological polar surface area (TPSA) is 78.1 Å². The molecule has 0 radical (unpaired) electrons. The molecule has 6 heteroatoms. The maximum atomic E-state index is 6.04. The number of ether oxygens (including phenoxy) is 3. The number of benzene rings is 2. The highest BCUT2D eigenvalue weighted by molar-refractivity contribution is 5.79. The average Bonchev–Trinajstić information content (AvgIpc) is 2.66. The summed E-state index contributed by atoms with van der Waals surface area (Å²) >= 11 is 0. The van der Waals surface area contributed by atoms with Gasteiger partial charge in [0.25, 0.3) is 0 Å². The van der Waals surface area contributed by atoms with Gasteiger partial charge in [-0.1, -0.05) is 30.3 Å². The zero-order valence-corrected chi connectivity index (χ0v) is 14.7. The molecule has 2 aromatic rings. The van der Waals surface area contributed by atoms with Gasteiger partial charge in [0, 0.05) is 0 Å². The first-order chi connectivity index (χ1) is 12.2. The van der Waals surface area contributed by atoms with Crippen molar-refractivity contribution < 1.29 is 14.2 Å². The van der Waals surface area contributed by atoms with Gasteiger partial charge in [-0.25, -0.2) is 4.99 Å². The van der Waals surface area contributed by atoms with Crippen LogP contribution in [0.2, 0.25) is 0 Å². The second-order valence-corrected chi connectivity index (χ2v) is 5.83. The Kier molecular flexibility index (Phi) is 4.97. The highest BCUT2D eigenvalue weighted by Gasteiger charge is 2.26. The van der Waals surface area contributed by atoms with Crippen LogP contribution in [-0.2, 0) is 0 Å². The van der Waals surface area contributed by atoms with E-state index >= 15 is 0 Å². The Bertz CT molecular complexity index is 737. The van der Waals surface area contributed by atoms with Crippen molar-refractivity contribution in [2.24, 2.45) is 10.7 Å². The third-order valence-corrected chi connectivity index (χ3v) is 4.35. The van der Waals surface area contributed by atoms with E-state index < -0.39 is 0 Å². The SMILES string of the molecule is COc1cc(C2CC(c3ccccc3)NC(N)=N2)cc(OC)c1OC. The summed E-state index contributed by atoms with van der Waals surface area (Å²) in [5, 5.41) is 3.25. The first kappa shape index (κ1) is 17.0. The lowest BCUT2D eigenvalue weighted by atomic mass is 9.93. The molecule has 0 aliphatic carbocycles. The monoisotopic (exact) mass is 341 g/mol. The fourth-order valence-electron chi connectivity index (χ4n) is 3.13. The van der Waals surface area contributed by atoms with E-state index in [1.807, 2.05) is 30.3 Å². The maximum Gasteiger partial charge on any atom is 0.203 e. The Balaban J connectivity index is 1.96. The minimum Gasteiger partial charge on any atom is -0.493 e. The summed E-state index contributed by atoms with van der Waals surface area (Å²) in [4.78, 5) is 4.57. The van der Waals surface area contributed by atoms with Crippen LogP contribution in [0.5, 0.6) is 17.2 Å². The first-order valence-electron chi connectivity index (χ1n) is 8.11. The zero-order valence-electron chi connectivity index (χ0n) is 14.7. The Hall–Kier alpha value is -2.89. The van der Waals surface area contributed by atoms with Gasteiger partial charge in [0.1, 0.15) is 0 Å². The summed E-state index contributed by atoms with van der Waals surface area (Å²) in [5.41, 5.74) is 8.19. The van der Waals surface area contributed by atoms with Crippen LogP contribution in [0, 0.1) is 0 Å². The summed E-state index contributed by atoms with van der Waals surface area (Å²) < 4.78 is 16.3. The van der Waals surface area contributed by atoms with Crippen LogP contribution < -0.4 is 25.3 Å². The summed E-state index contributed by atoms with van der Waals surface area (Å²) in [6.45, 7) is 0. The molecule has 1 heterocycles. The molecule has 0 fully saturated rings. The molecule has 3 rings (SSSR count). The third-order valence-electron chi connectivity index (χ3n) is 4.35. The number of methoxy groups -OCH3 is 3. The van der Waals surface area contributed by atoms with Crippen molar-refractivity contribution in [1.29, 1.82) is 0 Å². The van der Waals surface area contributed by atoms with Crippen LogP contribution in [-0.4, -0.2) is 27.3 Å². The Labute approximate surface area is 147 Å². The molecule has 2 atom stereocenters. The highest BCUT2D eigenvalue weighted by Crippen LogP contribution is 2.42. The maximum absolute atomic E-state index is 6.04. The van der Waals surface area contributed by atoms with Crippen LogP contribution >= 0.6 is 0 Å². The van der Waals surface area contributed by atoms with Crippen LogP contribution in [0.1, 0.15) is 29.6 Å². The number of nitrogens with two attached hydrogens (primary N) is 1. The van der Waals surface area contributed by atoms with Gasteiger partial charge < -0.3 is 25.3 Å². The molecule has 0 saturated heterocycles. The van der Waals surface area contributed by atoms with E-state index in [0.29, 0.717) is 23.2 Å². The first-order valence-corrected chi connectivity index (χ1v) is 8.11. The second-order valence-electron chi connectivity index (χ2n) is 5.83. The quantitative estimate of drug-likeness (QED) is 0.874. The van der Waals surface area contributed by atoms with Crippen molar-refractivity contribution in [2.45, 2.75) is 18.5 Å². The lowest BCUT2D eigenvalue weighted by Gasteiger charge is -2.29. The van der Waals surface area contributed by atoms with E-state index in [1.165, 1.54) is 5.56 Å². The summed E-state index contributed by atoms with van der Waals surface area (Å²) in [7, 11) is 4.80. The molecule has 2 aromatic carbocycles. The molecular weight excluding hydrogens is 318 g/mol. The van der Waals surface area contributed by atoms with Crippen molar-refractivity contribution in [1.82, 2.24) is 5.32 Å². The van der Waals surface area contributed by atoms with Crippen molar-refractivity contribution in [3.05, 3.63) is 53.6 Å². The lowest BCUT2D eigenvalue weighted by molar-refractivity contribution is 0.323. The van der Waals surface area contributed by atoms with Crippen molar-refractivity contribution in [2.75, 3.05) is 21.3 Å². The Morgan fingerprint density at radius 2 is 1.60 bits per heavy atom. The molecule has 1 aliphatic heterocycles. The number of hydrogen-bond donors (Lipinski definition) is 2. The van der Waals surface area contributed by atoms with Crippen LogP contribution in [0.25, 0.3) is 0 Å². The van der Waals surface area contributed by atoms with E-state index in [0.717, 1.165) is 12.0 Å². The van der Waals surface area contributed by atoms with Crippen molar-refractivity contribution in [3.63, 3.8) is 0 Å². The Morgan fingerprint density at radius 3 is 2.16 bits per heavy atom. The average molecular weight is 341 g/mol. The molecule has 2 unspecified atom stereocenters. The fraction of sp³-hybridized carbons (Fsp3) is 0.316. The number of rotatable bonds is 5. The zero-order chi connectivity index (χ0) is 17.8. The van der Waals surface area contributed by atoms with E-state index in [1.54, 1.807) is 21.3 Å². The summed E-state index contributed by atoms with van der Waals surface area (Å²) in [6.07, 6.45) is 0.781. The third kappa shape index (κ3) is 3.47. The highest BCUT2D eigenvalue weighted by atomic mass is 16.5. The number of aliphatic imine (C=N–C) groups is 1. The molecule has 0 saturated carbocycles. The number of guanidine groups is 1. The van der Waals surface area contributed by atoms with Crippen molar-refractivity contribution in [3.8, 4) is 17.2 Å². The van der Waals surface area contributed by atoms with Crippen molar-refractivity contribution >= 4 is 5.96 Å². The molecule has 0 bridgehead atoms. The lowest BCUT2D eigenvalue weighted by Crippen LogP contribution is -2.39. The van der Waals surface area contributed by atoms with E-state index in [-0.39, 0.29) is 12.1 Å². The summed E-state index contributed by atoms with van der Waals surface area (Å²) in [6, 6.07) is 14.1. The Morgan fingerprint density at radius 1 is 0.960 bits per heavy atom. The number of hydrogen-bond acceptors (Lipinski definition) is 6. The molecule has 0 spiro atoms. The van der Waals surface area contributed by atoms with Crippen LogP contribution in [0.4, 0.5) is 0 Å². The minimum absolute atomic E-state index is 0.0971. The van der Waals surface area contributed by atoms with Gasteiger partial charge in [0.2, 0.25) is 5.75 Å².